The minimum absolute atomic E-state index is 0.368. The number of carboxylic acid groups (broad SMARTS) is 1. The third-order valence-corrected chi connectivity index (χ3v) is 4.91. The summed E-state index contributed by atoms with van der Waals surface area (Å²) in [5.41, 5.74) is 1.99. The molecule has 6 heteroatoms. The average Bonchev–Trinajstić information content (AvgIpc) is 3.15. The average molecular weight is 316 g/mol. The van der Waals surface area contributed by atoms with E-state index in [0.717, 1.165) is 22.0 Å². The number of para-hydroxylation sites is 1. The Morgan fingerprint density at radius 3 is 2.81 bits per heavy atom. The lowest BCUT2D eigenvalue weighted by Gasteiger charge is -1.99. The van der Waals surface area contributed by atoms with Crippen LogP contribution in [0.5, 0.6) is 0 Å². The Morgan fingerprint density at radius 1 is 1.29 bits per heavy atom. The molecule has 0 amide bonds. The highest BCUT2D eigenvalue weighted by Gasteiger charge is 2.08. The van der Waals surface area contributed by atoms with Crippen LogP contribution in [-0.4, -0.2) is 20.9 Å². The van der Waals surface area contributed by atoms with Crippen molar-refractivity contribution < 1.29 is 9.90 Å². The number of aromatic nitrogens is 2. The molecule has 21 heavy (non-hydrogen) atoms. The smallest absolute Gasteiger partial charge is 0.345 e. The number of hydrogen-bond donors (Lipinski definition) is 1. The number of thioether (sulfide) groups is 1. The first kappa shape index (κ1) is 13.9. The van der Waals surface area contributed by atoms with Gasteiger partial charge in [0.1, 0.15) is 4.88 Å². The standard InChI is InChI=1S/C15H12N2O2S2/c18-15(19)14-8-13(10-21-14)20-9-11-6-7-17(16-11)12-4-2-1-3-5-12/h1-8,10H,9H2,(H,18,19). The Morgan fingerprint density at radius 2 is 2.10 bits per heavy atom. The normalized spacial score (nSPS) is 10.7. The van der Waals surface area contributed by atoms with Crippen LogP contribution in [-0.2, 0) is 5.75 Å². The Labute approximate surface area is 130 Å². The van der Waals surface area contributed by atoms with E-state index < -0.39 is 5.97 Å². The maximum atomic E-state index is 10.8. The van der Waals surface area contributed by atoms with Crippen LogP contribution < -0.4 is 0 Å². The van der Waals surface area contributed by atoms with Crippen molar-refractivity contribution in [2.75, 3.05) is 0 Å². The number of nitrogens with zero attached hydrogens (tertiary/aromatic N) is 2. The molecule has 1 N–H and O–H groups in total. The van der Waals surface area contributed by atoms with Gasteiger partial charge in [0.25, 0.3) is 0 Å². The van der Waals surface area contributed by atoms with E-state index in [1.165, 1.54) is 11.3 Å². The predicted octanol–water partition coefficient (Wildman–Crippen LogP) is 3.92. The topological polar surface area (TPSA) is 55.1 Å². The van der Waals surface area contributed by atoms with Crippen molar-refractivity contribution in [3.63, 3.8) is 0 Å². The predicted molar refractivity (Wildman–Crippen MR) is 84.4 cm³/mol. The summed E-state index contributed by atoms with van der Waals surface area (Å²) in [5.74, 6) is -0.157. The fourth-order valence-corrected chi connectivity index (χ4v) is 3.59. The number of carboxylic acids is 1. The summed E-state index contributed by atoms with van der Waals surface area (Å²) >= 11 is 2.84. The van der Waals surface area contributed by atoms with Crippen LogP contribution in [0.2, 0.25) is 0 Å². The van der Waals surface area contributed by atoms with Crippen LogP contribution in [0.1, 0.15) is 15.4 Å². The van der Waals surface area contributed by atoms with Gasteiger partial charge in [-0.15, -0.1) is 23.1 Å². The lowest BCUT2D eigenvalue weighted by Crippen LogP contribution is -1.94. The van der Waals surface area contributed by atoms with Crippen molar-refractivity contribution in [2.45, 2.75) is 10.6 Å². The van der Waals surface area contributed by atoms with E-state index in [2.05, 4.69) is 5.10 Å². The molecule has 0 radical (unpaired) electrons. The van der Waals surface area contributed by atoms with Crippen LogP contribution >= 0.6 is 23.1 Å². The Hall–Kier alpha value is -2.05. The molecule has 0 saturated carbocycles. The Bertz CT molecular complexity index is 750. The second-order valence-electron chi connectivity index (χ2n) is 4.33. The summed E-state index contributed by atoms with van der Waals surface area (Å²) in [6, 6.07) is 13.6. The number of aromatic carboxylic acids is 1. The van der Waals surface area contributed by atoms with E-state index in [1.54, 1.807) is 17.8 Å². The number of carbonyl (C=O) groups is 1. The minimum Gasteiger partial charge on any atom is -0.477 e. The van der Waals surface area contributed by atoms with E-state index in [-0.39, 0.29) is 0 Å². The molecule has 106 valence electrons. The summed E-state index contributed by atoms with van der Waals surface area (Å²) < 4.78 is 1.84. The van der Waals surface area contributed by atoms with Crippen LogP contribution in [0.25, 0.3) is 5.69 Å². The van der Waals surface area contributed by atoms with Crippen LogP contribution in [0.15, 0.2) is 58.9 Å². The highest BCUT2D eigenvalue weighted by molar-refractivity contribution is 7.98. The zero-order valence-electron chi connectivity index (χ0n) is 11.0. The zero-order valence-corrected chi connectivity index (χ0v) is 12.6. The van der Waals surface area contributed by atoms with Crippen LogP contribution in [0.3, 0.4) is 0 Å². The highest BCUT2D eigenvalue weighted by Crippen LogP contribution is 2.27. The van der Waals surface area contributed by atoms with Crippen molar-refractivity contribution >= 4 is 29.1 Å². The van der Waals surface area contributed by atoms with Gasteiger partial charge in [0.15, 0.2) is 0 Å². The number of hydrogen-bond acceptors (Lipinski definition) is 4. The second kappa shape index (κ2) is 6.15. The fourth-order valence-electron chi connectivity index (χ4n) is 1.83. The van der Waals surface area contributed by atoms with Gasteiger partial charge in [0.05, 0.1) is 11.4 Å². The Balaban J connectivity index is 1.66. The number of thiophene rings is 1. The van der Waals surface area contributed by atoms with Crippen LogP contribution in [0.4, 0.5) is 0 Å². The van der Waals surface area contributed by atoms with Gasteiger partial charge in [-0.05, 0) is 24.3 Å². The van der Waals surface area contributed by atoms with Crippen molar-refractivity contribution in [3.05, 3.63) is 64.6 Å². The molecule has 0 atom stereocenters. The van der Waals surface area contributed by atoms with Gasteiger partial charge in [0.2, 0.25) is 0 Å². The molecule has 0 aliphatic rings. The third-order valence-electron chi connectivity index (χ3n) is 2.84. The lowest BCUT2D eigenvalue weighted by atomic mass is 10.3. The van der Waals surface area contributed by atoms with E-state index in [1.807, 2.05) is 52.7 Å². The molecule has 2 aromatic heterocycles. The maximum Gasteiger partial charge on any atom is 0.345 e. The molecule has 0 aliphatic carbocycles. The first-order valence-corrected chi connectivity index (χ1v) is 8.13. The molecule has 2 heterocycles. The lowest BCUT2D eigenvalue weighted by molar-refractivity contribution is 0.0702. The molecule has 0 fully saturated rings. The van der Waals surface area contributed by atoms with Crippen molar-refractivity contribution in [1.29, 1.82) is 0 Å². The van der Waals surface area contributed by atoms with Crippen molar-refractivity contribution in [3.8, 4) is 5.69 Å². The van der Waals surface area contributed by atoms with Crippen LogP contribution in [0, 0.1) is 0 Å². The quantitative estimate of drug-likeness (QED) is 0.725. The molecule has 3 rings (SSSR count). The molecule has 0 spiro atoms. The van der Waals surface area contributed by atoms with E-state index >= 15 is 0 Å². The van der Waals surface area contributed by atoms with Gasteiger partial charge in [-0.1, -0.05) is 18.2 Å². The molecule has 4 nitrogen and oxygen atoms in total. The highest BCUT2D eigenvalue weighted by atomic mass is 32.2. The number of benzene rings is 1. The molecule has 1 aromatic carbocycles. The maximum absolute atomic E-state index is 10.8. The molecule has 0 saturated heterocycles. The Kier molecular flexibility index (Phi) is 4.08. The summed E-state index contributed by atoms with van der Waals surface area (Å²) in [4.78, 5) is 12.2. The molecule has 3 aromatic rings. The third kappa shape index (κ3) is 3.34. The fraction of sp³-hybridized carbons (Fsp3) is 0.0667. The summed E-state index contributed by atoms with van der Waals surface area (Å²) in [6.45, 7) is 0. The molecular formula is C15H12N2O2S2. The molecule has 0 aliphatic heterocycles. The summed E-state index contributed by atoms with van der Waals surface area (Å²) in [6.07, 6.45) is 1.93. The number of rotatable bonds is 5. The monoisotopic (exact) mass is 316 g/mol. The minimum atomic E-state index is -0.875. The molecule has 0 bridgehead atoms. The first-order valence-electron chi connectivity index (χ1n) is 6.27. The van der Waals surface area contributed by atoms with Gasteiger partial charge in [-0.25, -0.2) is 9.48 Å². The van der Waals surface area contributed by atoms with E-state index in [9.17, 15) is 4.79 Å². The molecular weight excluding hydrogens is 304 g/mol. The van der Waals surface area contributed by atoms with Crippen molar-refractivity contribution in [2.24, 2.45) is 0 Å². The van der Waals surface area contributed by atoms with Gasteiger partial charge in [0, 0.05) is 22.2 Å². The molecule has 0 unspecified atom stereocenters. The largest absolute Gasteiger partial charge is 0.477 e. The van der Waals surface area contributed by atoms with Gasteiger partial charge < -0.3 is 5.11 Å². The second-order valence-corrected chi connectivity index (χ2v) is 6.29. The van der Waals surface area contributed by atoms with E-state index in [0.29, 0.717) is 4.88 Å². The van der Waals surface area contributed by atoms with E-state index in [4.69, 9.17) is 5.11 Å². The van der Waals surface area contributed by atoms with Gasteiger partial charge in [-0.2, -0.15) is 5.10 Å². The van der Waals surface area contributed by atoms with Gasteiger partial charge in [-0.3, -0.25) is 0 Å². The first-order chi connectivity index (χ1) is 10.2. The zero-order chi connectivity index (χ0) is 14.7. The summed E-state index contributed by atoms with van der Waals surface area (Å²) in [5, 5.41) is 15.3. The summed E-state index contributed by atoms with van der Waals surface area (Å²) in [7, 11) is 0. The van der Waals surface area contributed by atoms with Gasteiger partial charge >= 0.3 is 5.97 Å². The SMILES string of the molecule is O=C(O)c1cc(SCc2ccn(-c3ccccc3)n2)cs1. The van der Waals surface area contributed by atoms with Crippen molar-refractivity contribution in [1.82, 2.24) is 9.78 Å².